The Labute approximate surface area is 387 Å². The Kier molecular flexibility index (Phi) is 43.4. The molecule has 64 heavy (non-hydrogen) atoms. The predicted octanol–water partition coefficient (Wildman–Crippen LogP) is 13.2. The summed E-state index contributed by atoms with van der Waals surface area (Å²) in [7, 11) is -4.78. The minimum absolute atomic E-state index is 0.101. The number of phosphoric ester groups is 1. The third-order valence-corrected chi connectivity index (χ3v) is 10.8. The molecular weight excluding hydrogens is 830 g/mol. The molecule has 0 fully saturated rings. The molecule has 0 aliphatic carbocycles. The zero-order valence-electron chi connectivity index (χ0n) is 39.5. The molecule has 0 aliphatic heterocycles. The zero-order valence-corrected chi connectivity index (χ0v) is 40.4. The normalized spacial score (nSPS) is 14.4. The maximum atomic E-state index is 12.3. The van der Waals surface area contributed by atoms with Crippen molar-refractivity contribution in [1.29, 1.82) is 0 Å². The molecule has 0 aromatic carbocycles. The molecular formula is C52H86NO10P. The Morgan fingerprint density at radius 1 is 0.500 bits per heavy atom. The number of aliphatic hydroxyl groups is 1. The first kappa shape index (κ1) is 60.4. The second-order valence-corrected chi connectivity index (χ2v) is 17.4. The van der Waals surface area contributed by atoms with Crippen molar-refractivity contribution in [3.05, 3.63) is 97.2 Å². The quantitative estimate of drug-likeness (QED) is 0.0200. The van der Waals surface area contributed by atoms with E-state index in [1.165, 1.54) is 44.9 Å². The number of allylic oxidation sites excluding steroid dienone is 16. The van der Waals surface area contributed by atoms with Crippen LogP contribution in [0.5, 0.6) is 0 Å². The Hall–Kier alpha value is -3.60. The van der Waals surface area contributed by atoms with Crippen LogP contribution in [0.4, 0.5) is 0 Å². The van der Waals surface area contributed by atoms with Crippen molar-refractivity contribution in [2.75, 3.05) is 19.8 Å². The summed E-state index contributed by atoms with van der Waals surface area (Å²) in [6.45, 7) is 2.49. The molecule has 11 nitrogen and oxygen atoms in total. The van der Waals surface area contributed by atoms with E-state index in [0.717, 1.165) is 96.3 Å². The summed E-state index contributed by atoms with van der Waals surface area (Å²) in [5.41, 5.74) is 0. The van der Waals surface area contributed by atoms with E-state index < -0.39 is 57.6 Å². The lowest BCUT2D eigenvalue weighted by Crippen LogP contribution is -2.43. The van der Waals surface area contributed by atoms with Gasteiger partial charge in [-0.2, -0.15) is 0 Å². The maximum absolute atomic E-state index is 12.3. The van der Waals surface area contributed by atoms with E-state index in [1.54, 1.807) is 0 Å². The largest absolute Gasteiger partial charge is 0.480 e. The summed E-state index contributed by atoms with van der Waals surface area (Å²) in [4.78, 5) is 46.0. The van der Waals surface area contributed by atoms with E-state index >= 15 is 0 Å². The molecule has 0 bridgehead atoms. The van der Waals surface area contributed by atoms with Gasteiger partial charge in [-0.05, 0) is 103 Å². The highest BCUT2D eigenvalue weighted by Crippen LogP contribution is 2.43. The van der Waals surface area contributed by atoms with Gasteiger partial charge >= 0.3 is 19.8 Å². The molecule has 0 saturated carbocycles. The number of esters is 1. The molecule has 0 aromatic heterocycles. The van der Waals surface area contributed by atoms with Crippen LogP contribution >= 0.6 is 7.82 Å². The number of phosphoric acid groups is 1. The number of carbonyl (C=O) groups is 3. The molecule has 3 unspecified atom stereocenters. The average Bonchev–Trinajstić information content (AvgIpc) is 3.27. The molecule has 0 aliphatic rings. The second-order valence-electron chi connectivity index (χ2n) is 15.9. The van der Waals surface area contributed by atoms with Gasteiger partial charge in [-0.25, -0.2) is 9.36 Å². The number of nitrogens with one attached hydrogen (secondary N) is 1. The van der Waals surface area contributed by atoms with Gasteiger partial charge in [0.25, 0.3) is 0 Å². The lowest BCUT2D eigenvalue weighted by atomic mass is 10.1. The summed E-state index contributed by atoms with van der Waals surface area (Å²) in [5, 5.41) is 21.9. The first-order valence-electron chi connectivity index (χ1n) is 24.3. The molecule has 3 atom stereocenters. The minimum atomic E-state index is -4.78. The van der Waals surface area contributed by atoms with Crippen LogP contribution in [0.1, 0.15) is 181 Å². The van der Waals surface area contributed by atoms with Crippen LogP contribution in [0, 0.1) is 0 Å². The van der Waals surface area contributed by atoms with Gasteiger partial charge in [0.05, 0.1) is 13.2 Å². The highest BCUT2D eigenvalue weighted by Gasteiger charge is 2.28. The molecule has 1 amide bonds. The third kappa shape index (κ3) is 45.0. The zero-order chi connectivity index (χ0) is 47.0. The van der Waals surface area contributed by atoms with Crippen LogP contribution in [-0.4, -0.2) is 64.9 Å². The average molecular weight is 916 g/mol. The van der Waals surface area contributed by atoms with Crippen molar-refractivity contribution < 1.29 is 47.8 Å². The minimum Gasteiger partial charge on any atom is -0.480 e. The van der Waals surface area contributed by atoms with Gasteiger partial charge in [0.1, 0.15) is 12.7 Å². The number of carbonyl (C=O) groups excluding carboxylic acids is 2. The number of amides is 1. The van der Waals surface area contributed by atoms with Gasteiger partial charge in [-0.15, -0.1) is 0 Å². The fourth-order valence-corrected chi connectivity index (χ4v) is 6.82. The summed E-state index contributed by atoms with van der Waals surface area (Å²) in [5.74, 6) is -2.45. The summed E-state index contributed by atoms with van der Waals surface area (Å²) in [6.07, 6.45) is 58.5. The molecule has 364 valence electrons. The smallest absolute Gasteiger partial charge is 0.472 e. The van der Waals surface area contributed by atoms with Crippen LogP contribution in [-0.2, 0) is 32.7 Å². The number of aliphatic hydroxyl groups excluding tert-OH is 1. The van der Waals surface area contributed by atoms with E-state index in [2.05, 4.69) is 116 Å². The summed E-state index contributed by atoms with van der Waals surface area (Å²) in [6, 6.07) is -1.57. The molecule has 0 radical (unpaired) electrons. The lowest BCUT2D eigenvalue weighted by Gasteiger charge is -2.18. The van der Waals surface area contributed by atoms with E-state index in [1.807, 2.05) is 0 Å². The molecule has 0 aromatic rings. The van der Waals surface area contributed by atoms with Gasteiger partial charge in [0.2, 0.25) is 5.91 Å². The maximum Gasteiger partial charge on any atom is 0.472 e. The monoisotopic (exact) mass is 916 g/mol. The van der Waals surface area contributed by atoms with E-state index in [-0.39, 0.29) is 12.8 Å². The van der Waals surface area contributed by atoms with Crippen LogP contribution in [0.15, 0.2) is 97.2 Å². The van der Waals surface area contributed by atoms with Crippen molar-refractivity contribution in [2.45, 2.75) is 193 Å². The third-order valence-electron chi connectivity index (χ3n) is 9.85. The highest BCUT2D eigenvalue weighted by molar-refractivity contribution is 7.47. The van der Waals surface area contributed by atoms with Crippen LogP contribution in [0.2, 0.25) is 0 Å². The Morgan fingerprint density at radius 3 is 1.30 bits per heavy atom. The topological polar surface area (TPSA) is 169 Å². The number of carboxylic acid groups (broad SMARTS) is 1. The van der Waals surface area contributed by atoms with Gasteiger partial charge in [0, 0.05) is 12.8 Å². The van der Waals surface area contributed by atoms with E-state index in [4.69, 9.17) is 13.8 Å². The number of hydrogen-bond donors (Lipinski definition) is 4. The number of aliphatic carboxylic acids is 1. The van der Waals surface area contributed by atoms with Crippen molar-refractivity contribution in [3.8, 4) is 0 Å². The van der Waals surface area contributed by atoms with Crippen LogP contribution < -0.4 is 5.32 Å². The van der Waals surface area contributed by atoms with Crippen molar-refractivity contribution in [2.24, 2.45) is 0 Å². The van der Waals surface area contributed by atoms with Gasteiger partial charge in [0.15, 0.2) is 6.04 Å². The first-order chi connectivity index (χ1) is 31.1. The molecule has 4 N–H and O–H groups in total. The standard InChI is InChI=1S/C52H86NO10P/c1-3-5-7-9-11-13-15-17-19-21-23-24-26-28-30-32-34-36-38-40-42-44-51(56)61-45-48(54)46-62-64(59,60)63-47-49(52(57)58)53-50(55)43-41-39-37-35-33-31-29-27-25-22-20-18-16-14-12-10-8-6-4-2/h11-14,17-20,23-25,27-28,30-31,33,48-49,54H,3-10,15-16,21-22,26,29,32,34-47H2,1-2H3,(H,53,55)(H,57,58)(H,59,60)/b13-11-,14-12-,19-17-,20-18-,24-23-,27-25-,30-28-,33-31-. The molecule has 0 rings (SSSR count). The van der Waals surface area contributed by atoms with Gasteiger partial charge in [-0.1, -0.05) is 162 Å². The molecule has 0 spiro atoms. The fraction of sp³-hybridized carbons (Fsp3) is 0.635. The lowest BCUT2D eigenvalue weighted by molar-refractivity contribution is -0.147. The SMILES string of the molecule is CCCCC/C=C\C/C=C\C/C=C\C/C=C\CCCCCCCC(=O)OCC(O)COP(=O)(O)OCC(NC(=O)CCCCC/C=C\C/C=C\C/C=C\C/C=C\CCCCC)C(=O)O. The Balaban J connectivity index is 3.97. The van der Waals surface area contributed by atoms with E-state index in [9.17, 15) is 34.1 Å². The predicted molar refractivity (Wildman–Crippen MR) is 263 cm³/mol. The van der Waals surface area contributed by atoms with Crippen LogP contribution in [0.3, 0.4) is 0 Å². The van der Waals surface area contributed by atoms with Crippen molar-refractivity contribution in [1.82, 2.24) is 5.32 Å². The Morgan fingerprint density at radius 2 is 0.859 bits per heavy atom. The summed E-state index contributed by atoms with van der Waals surface area (Å²) < 4.78 is 26.9. The molecule has 0 heterocycles. The highest BCUT2D eigenvalue weighted by atomic mass is 31.2. The van der Waals surface area contributed by atoms with Gasteiger partial charge < -0.3 is 25.2 Å². The number of unbranched alkanes of at least 4 members (excludes halogenated alkanes) is 14. The summed E-state index contributed by atoms with van der Waals surface area (Å²) >= 11 is 0. The number of ether oxygens (including phenoxy) is 1. The van der Waals surface area contributed by atoms with Crippen molar-refractivity contribution >= 4 is 25.7 Å². The molecule has 12 heteroatoms. The number of carboxylic acids is 1. The van der Waals surface area contributed by atoms with Crippen molar-refractivity contribution in [3.63, 3.8) is 0 Å². The second kappa shape index (κ2) is 45.9. The van der Waals surface area contributed by atoms with E-state index in [0.29, 0.717) is 12.8 Å². The molecule has 0 saturated heterocycles. The Bertz CT molecular complexity index is 1450. The van der Waals surface area contributed by atoms with Crippen LogP contribution in [0.25, 0.3) is 0 Å². The number of hydrogen-bond acceptors (Lipinski definition) is 8. The van der Waals surface area contributed by atoms with Gasteiger partial charge in [-0.3, -0.25) is 18.6 Å². The number of rotatable bonds is 44. The fourth-order valence-electron chi connectivity index (χ4n) is 6.05. The first-order valence-corrected chi connectivity index (χ1v) is 25.8.